The zero-order valence-corrected chi connectivity index (χ0v) is 10.3. The van der Waals surface area contributed by atoms with Gasteiger partial charge in [-0.3, -0.25) is 4.79 Å². The molecule has 0 aromatic carbocycles. The number of nitrogens with one attached hydrogen (secondary N) is 1. The Bertz CT molecular complexity index is 449. The first kappa shape index (κ1) is 11.7. The molecule has 0 amide bonds. The largest absolute Gasteiger partial charge is 0.481 e. The van der Waals surface area contributed by atoms with E-state index in [2.05, 4.69) is 9.97 Å². The number of H-pyrrole nitrogens is 1. The van der Waals surface area contributed by atoms with Crippen LogP contribution in [-0.2, 0) is 16.0 Å². The molecule has 0 saturated carbocycles. The summed E-state index contributed by atoms with van der Waals surface area (Å²) in [6.45, 7) is 0.776. The number of nitrogens with zero attached hydrogens (tertiary/aromatic N) is 1. The van der Waals surface area contributed by atoms with Crippen LogP contribution in [0.4, 0.5) is 0 Å². The molecular weight excluding hydrogens is 232 g/mol. The molecule has 2 aliphatic rings. The van der Waals surface area contributed by atoms with Crippen LogP contribution in [0.2, 0.25) is 0 Å². The van der Waals surface area contributed by atoms with E-state index in [0.717, 1.165) is 55.9 Å². The number of carbonyl (C=O) groups is 1. The maximum absolute atomic E-state index is 11.2. The first-order chi connectivity index (χ1) is 8.75. The van der Waals surface area contributed by atoms with Gasteiger partial charge in [0, 0.05) is 12.3 Å². The van der Waals surface area contributed by atoms with Crippen molar-refractivity contribution < 1.29 is 14.6 Å². The molecule has 3 rings (SSSR count). The van der Waals surface area contributed by atoms with Crippen LogP contribution in [0.25, 0.3) is 0 Å². The minimum absolute atomic E-state index is 0.0267. The van der Waals surface area contributed by atoms with Crippen molar-refractivity contribution in [1.82, 2.24) is 9.97 Å². The molecule has 1 fully saturated rings. The standard InChI is InChI=1S/C13H18N2O3/c16-13(17)8-4-3-5-9-11(8)15-12(14-9)10-6-1-2-7-18-10/h8,10H,1-7H2,(H,14,15)(H,16,17). The Morgan fingerprint density at radius 3 is 2.94 bits per heavy atom. The fourth-order valence-corrected chi connectivity index (χ4v) is 2.89. The van der Waals surface area contributed by atoms with Crippen LogP contribution in [0.3, 0.4) is 0 Å². The SMILES string of the molecule is O=C(O)C1CCCc2[nH]c(C3CCCCO3)nc21. The maximum Gasteiger partial charge on any atom is 0.312 e. The molecule has 1 aromatic heterocycles. The third-order valence-electron chi connectivity index (χ3n) is 3.86. The van der Waals surface area contributed by atoms with E-state index in [1.165, 1.54) is 0 Å². The summed E-state index contributed by atoms with van der Waals surface area (Å²) in [5.74, 6) is -0.381. The number of imidazole rings is 1. The number of rotatable bonds is 2. The highest BCUT2D eigenvalue weighted by atomic mass is 16.5. The van der Waals surface area contributed by atoms with Gasteiger partial charge in [-0.1, -0.05) is 0 Å². The third-order valence-corrected chi connectivity index (χ3v) is 3.86. The lowest BCUT2D eigenvalue weighted by Gasteiger charge is -2.20. The fraction of sp³-hybridized carbons (Fsp3) is 0.692. The topological polar surface area (TPSA) is 75.2 Å². The summed E-state index contributed by atoms with van der Waals surface area (Å²) < 4.78 is 5.70. The van der Waals surface area contributed by atoms with E-state index in [4.69, 9.17) is 4.74 Å². The van der Waals surface area contributed by atoms with Gasteiger partial charge in [-0.2, -0.15) is 0 Å². The third kappa shape index (κ3) is 2.03. The zero-order chi connectivity index (χ0) is 12.5. The van der Waals surface area contributed by atoms with Crippen molar-refractivity contribution in [3.63, 3.8) is 0 Å². The van der Waals surface area contributed by atoms with Gasteiger partial charge in [0.1, 0.15) is 17.8 Å². The zero-order valence-electron chi connectivity index (χ0n) is 10.3. The van der Waals surface area contributed by atoms with Gasteiger partial charge >= 0.3 is 5.97 Å². The van der Waals surface area contributed by atoms with Crippen molar-refractivity contribution in [3.8, 4) is 0 Å². The number of fused-ring (bicyclic) bond motifs is 1. The second-order valence-electron chi connectivity index (χ2n) is 5.12. The minimum Gasteiger partial charge on any atom is -0.481 e. The van der Waals surface area contributed by atoms with Gasteiger partial charge in [-0.25, -0.2) is 4.98 Å². The number of aliphatic carboxylic acids is 1. The van der Waals surface area contributed by atoms with Crippen LogP contribution >= 0.6 is 0 Å². The van der Waals surface area contributed by atoms with Crippen LogP contribution in [0.5, 0.6) is 0 Å². The first-order valence-corrected chi connectivity index (χ1v) is 6.69. The van der Waals surface area contributed by atoms with Gasteiger partial charge in [0.2, 0.25) is 0 Å². The summed E-state index contributed by atoms with van der Waals surface area (Å²) in [5.41, 5.74) is 1.73. The predicted molar refractivity (Wildman–Crippen MR) is 64.4 cm³/mol. The molecular formula is C13H18N2O3. The molecule has 0 spiro atoms. The summed E-state index contributed by atoms with van der Waals surface area (Å²) >= 11 is 0. The molecule has 0 bridgehead atoms. The maximum atomic E-state index is 11.2. The van der Waals surface area contributed by atoms with Gasteiger partial charge in [0.25, 0.3) is 0 Å². The van der Waals surface area contributed by atoms with Gasteiger partial charge in [0.15, 0.2) is 0 Å². The monoisotopic (exact) mass is 250 g/mol. The Hall–Kier alpha value is -1.36. The Kier molecular flexibility index (Phi) is 3.07. The Morgan fingerprint density at radius 2 is 2.22 bits per heavy atom. The molecule has 5 heteroatoms. The van der Waals surface area contributed by atoms with Crippen LogP contribution < -0.4 is 0 Å². The summed E-state index contributed by atoms with van der Waals surface area (Å²) in [4.78, 5) is 19.0. The first-order valence-electron chi connectivity index (χ1n) is 6.69. The van der Waals surface area contributed by atoms with Crippen molar-refractivity contribution in [1.29, 1.82) is 0 Å². The highest BCUT2D eigenvalue weighted by Crippen LogP contribution is 2.33. The molecule has 18 heavy (non-hydrogen) atoms. The van der Waals surface area contributed by atoms with Gasteiger partial charge in [0.05, 0.1) is 5.69 Å². The quantitative estimate of drug-likeness (QED) is 0.843. The number of hydrogen-bond donors (Lipinski definition) is 2. The predicted octanol–water partition coefficient (Wildman–Crippen LogP) is 2.16. The lowest BCUT2D eigenvalue weighted by molar-refractivity contribution is -0.139. The van der Waals surface area contributed by atoms with E-state index >= 15 is 0 Å². The molecule has 1 aliphatic heterocycles. The van der Waals surface area contributed by atoms with Crippen LogP contribution in [0.1, 0.15) is 61.3 Å². The average Bonchev–Trinajstić information content (AvgIpc) is 2.83. The van der Waals surface area contributed by atoms with Gasteiger partial charge in [-0.05, 0) is 38.5 Å². The molecule has 2 heterocycles. The van der Waals surface area contributed by atoms with E-state index in [0.29, 0.717) is 6.42 Å². The van der Waals surface area contributed by atoms with Crippen LogP contribution in [0.15, 0.2) is 0 Å². The molecule has 5 nitrogen and oxygen atoms in total. The summed E-state index contributed by atoms with van der Waals surface area (Å²) in [5, 5.41) is 9.22. The van der Waals surface area contributed by atoms with Gasteiger partial charge < -0.3 is 14.8 Å². The highest BCUT2D eigenvalue weighted by Gasteiger charge is 2.31. The Labute approximate surface area is 106 Å². The molecule has 1 saturated heterocycles. The van der Waals surface area contributed by atoms with Gasteiger partial charge in [-0.15, -0.1) is 0 Å². The van der Waals surface area contributed by atoms with Crippen LogP contribution in [-0.4, -0.2) is 27.7 Å². The number of aryl methyl sites for hydroxylation is 1. The number of carboxylic acid groups (broad SMARTS) is 1. The molecule has 2 unspecified atom stereocenters. The number of ether oxygens (including phenoxy) is 1. The number of hydrogen-bond acceptors (Lipinski definition) is 3. The number of aromatic amines is 1. The van der Waals surface area contributed by atoms with Crippen molar-refractivity contribution in [2.75, 3.05) is 6.61 Å². The van der Waals surface area contributed by atoms with Crippen molar-refractivity contribution in [3.05, 3.63) is 17.2 Å². The highest BCUT2D eigenvalue weighted by molar-refractivity contribution is 5.76. The molecule has 1 aliphatic carbocycles. The molecule has 0 radical (unpaired) electrons. The van der Waals surface area contributed by atoms with Crippen LogP contribution in [0, 0.1) is 0 Å². The van der Waals surface area contributed by atoms with E-state index in [-0.39, 0.29) is 6.10 Å². The number of aromatic nitrogens is 2. The average molecular weight is 250 g/mol. The van der Waals surface area contributed by atoms with Crippen molar-refractivity contribution >= 4 is 5.97 Å². The molecule has 98 valence electrons. The molecule has 1 aromatic rings. The van der Waals surface area contributed by atoms with E-state index in [1.807, 2.05) is 0 Å². The Balaban J connectivity index is 1.88. The van der Waals surface area contributed by atoms with Crippen molar-refractivity contribution in [2.45, 2.75) is 50.5 Å². The normalized spacial score (nSPS) is 27.8. The smallest absolute Gasteiger partial charge is 0.312 e. The van der Waals surface area contributed by atoms with Crippen molar-refractivity contribution in [2.24, 2.45) is 0 Å². The number of carboxylic acids is 1. The fourth-order valence-electron chi connectivity index (χ4n) is 2.89. The molecule has 2 atom stereocenters. The second-order valence-corrected chi connectivity index (χ2v) is 5.12. The summed E-state index contributed by atoms with van der Waals surface area (Å²) in [6, 6.07) is 0. The summed E-state index contributed by atoms with van der Waals surface area (Å²) in [6.07, 6.45) is 5.77. The second kappa shape index (κ2) is 4.72. The van der Waals surface area contributed by atoms with E-state index < -0.39 is 11.9 Å². The lowest BCUT2D eigenvalue weighted by atomic mass is 9.90. The molecule has 2 N–H and O–H groups in total. The Morgan fingerprint density at radius 1 is 1.33 bits per heavy atom. The summed E-state index contributed by atoms with van der Waals surface area (Å²) in [7, 11) is 0. The minimum atomic E-state index is -0.765. The van der Waals surface area contributed by atoms with E-state index in [9.17, 15) is 9.90 Å². The lowest BCUT2D eigenvalue weighted by Crippen LogP contribution is -2.18. The van der Waals surface area contributed by atoms with E-state index in [1.54, 1.807) is 0 Å².